The summed E-state index contributed by atoms with van der Waals surface area (Å²) in [6.45, 7) is 2.33. The molecule has 26 heavy (non-hydrogen) atoms. The largest absolute Gasteiger partial charge is 0.355 e. The minimum absolute atomic E-state index is 0.00231. The molecule has 0 saturated heterocycles. The highest BCUT2D eigenvalue weighted by Crippen LogP contribution is 2.30. The molecule has 1 amide bonds. The van der Waals surface area contributed by atoms with Crippen LogP contribution >= 0.6 is 0 Å². The number of ketones is 1. The number of aryl methyl sites for hydroxylation is 1. The fourth-order valence-corrected chi connectivity index (χ4v) is 3.17. The number of nitrogens with zero attached hydrogens (tertiary/aromatic N) is 1. The Balaban J connectivity index is 1.96. The van der Waals surface area contributed by atoms with Gasteiger partial charge in [0, 0.05) is 25.2 Å². The van der Waals surface area contributed by atoms with Crippen molar-refractivity contribution in [2.45, 2.75) is 39.2 Å². The SMILES string of the molecule is CNC(=O)c1cc(C(=O)CC2CCC2)cn(Cc2ccc(C)cc2)c1=O. The average molecular weight is 352 g/mol. The molecule has 2 aromatic rings. The Bertz CT molecular complexity index is 877. The zero-order valence-corrected chi connectivity index (χ0v) is 15.2. The Hall–Kier alpha value is -2.69. The smallest absolute Gasteiger partial charge is 0.263 e. The van der Waals surface area contributed by atoms with E-state index in [0.717, 1.165) is 24.0 Å². The van der Waals surface area contributed by atoms with Crippen LogP contribution in [-0.4, -0.2) is 23.3 Å². The van der Waals surface area contributed by atoms with Crippen LogP contribution in [0, 0.1) is 12.8 Å². The van der Waals surface area contributed by atoms with Crippen molar-refractivity contribution in [2.75, 3.05) is 7.05 Å². The molecule has 0 atom stereocenters. The van der Waals surface area contributed by atoms with E-state index in [1.165, 1.54) is 24.1 Å². The number of pyridine rings is 1. The van der Waals surface area contributed by atoms with Gasteiger partial charge >= 0.3 is 0 Å². The van der Waals surface area contributed by atoms with Gasteiger partial charge in [0.15, 0.2) is 5.78 Å². The summed E-state index contributed by atoms with van der Waals surface area (Å²) in [6.07, 6.45) is 5.41. The van der Waals surface area contributed by atoms with Crippen molar-refractivity contribution >= 4 is 11.7 Å². The third-order valence-electron chi connectivity index (χ3n) is 5.05. The van der Waals surface area contributed by atoms with Crippen molar-refractivity contribution in [2.24, 2.45) is 5.92 Å². The van der Waals surface area contributed by atoms with Gasteiger partial charge in [-0.25, -0.2) is 0 Å². The molecule has 136 valence electrons. The van der Waals surface area contributed by atoms with Gasteiger partial charge in [0.25, 0.3) is 11.5 Å². The van der Waals surface area contributed by atoms with Crippen LogP contribution in [-0.2, 0) is 6.54 Å². The highest BCUT2D eigenvalue weighted by atomic mass is 16.2. The zero-order chi connectivity index (χ0) is 18.7. The number of rotatable bonds is 6. The molecule has 0 radical (unpaired) electrons. The van der Waals surface area contributed by atoms with Gasteiger partial charge in [-0.05, 0) is 24.5 Å². The standard InChI is InChI=1S/C21H24N2O3/c1-14-6-8-16(9-7-14)12-23-13-17(19(24)10-15-4-3-5-15)11-18(21(23)26)20(25)22-2/h6-9,11,13,15H,3-5,10,12H2,1-2H3,(H,22,25). The number of aromatic nitrogens is 1. The molecule has 5 nitrogen and oxygen atoms in total. The minimum Gasteiger partial charge on any atom is -0.355 e. The number of nitrogens with one attached hydrogen (secondary N) is 1. The lowest BCUT2D eigenvalue weighted by molar-refractivity contribution is 0.0935. The van der Waals surface area contributed by atoms with Gasteiger partial charge in [-0.15, -0.1) is 0 Å². The Morgan fingerprint density at radius 2 is 1.88 bits per heavy atom. The molecule has 1 aliphatic rings. The van der Waals surface area contributed by atoms with E-state index < -0.39 is 5.91 Å². The Labute approximate surface area is 153 Å². The predicted octanol–water partition coefficient (Wildman–Crippen LogP) is 2.94. The number of hydrogen-bond donors (Lipinski definition) is 1. The van der Waals surface area contributed by atoms with E-state index in [1.807, 2.05) is 31.2 Å². The van der Waals surface area contributed by atoms with E-state index >= 15 is 0 Å². The lowest BCUT2D eigenvalue weighted by Gasteiger charge is -2.24. The topological polar surface area (TPSA) is 68.2 Å². The van der Waals surface area contributed by atoms with Gasteiger partial charge in [0.2, 0.25) is 0 Å². The summed E-state index contributed by atoms with van der Waals surface area (Å²) in [5.41, 5.74) is 2.15. The molecule has 0 aliphatic heterocycles. The molecule has 1 saturated carbocycles. The lowest BCUT2D eigenvalue weighted by Crippen LogP contribution is -2.32. The first kappa shape index (κ1) is 18.1. The van der Waals surface area contributed by atoms with Gasteiger partial charge in [0.1, 0.15) is 5.56 Å². The first-order valence-electron chi connectivity index (χ1n) is 9.03. The Morgan fingerprint density at radius 3 is 2.46 bits per heavy atom. The number of Topliss-reactive ketones (excluding diaryl/α,β-unsaturated/α-hetero) is 1. The number of hydrogen-bond acceptors (Lipinski definition) is 3. The van der Waals surface area contributed by atoms with E-state index in [2.05, 4.69) is 5.32 Å². The molecular weight excluding hydrogens is 328 g/mol. The van der Waals surface area contributed by atoms with Crippen LogP contribution in [0.3, 0.4) is 0 Å². The first-order chi connectivity index (χ1) is 12.5. The summed E-state index contributed by atoms with van der Waals surface area (Å²) in [6, 6.07) is 9.29. The molecule has 5 heteroatoms. The summed E-state index contributed by atoms with van der Waals surface area (Å²) in [7, 11) is 1.48. The molecule has 1 aromatic heterocycles. The summed E-state index contributed by atoms with van der Waals surface area (Å²) in [5, 5.41) is 2.49. The van der Waals surface area contributed by atoms with Crippen molar-refractivity contribution in [3.8, 4) is 0 Å². The third-order valence-corrected chi connectivity index (χ3v) is 5.05. The van der Waals surface area contributed by atoms with Crippen LogP contribution < -0.4 is 10.9 Å². The lowest BCUT2D eigenvalue weighted by atomic mass is 9.81. The quantitative estimate of drug-likeness (QED) is 0.813. The van der Waals surface area contributed by atoms with Crippen LogP contribution in [0.25, 0.3) is 0 Å². The maximum atomic E-state index is 12.7. The summed E-state index contributed by atoms with van der Waals surface area (Å²) < 4.78 is 1.46. The zero-order valence-electron chi connectivity index (χ0n) is 15.2. The van der Waals surface area contributed by atoms with Crippen LogP contribution in [0.15, 0.2) is 41.3 Å². The molecule has 1 heterocycles. The second-order valence-electron chi connectivity index (χ2n) is 7.06. The summed E-state index contributed by atoms with van der Waals surface area (Å²) in [4.78, 5) is 37.4. The average Bonchev–Trinajstić information content (AvgIpc) is 2.60. The maximum absolute atomic E-state index is 12.7. The predicted molar refractivity (Wildman–Crippen MR) is 101 cm³/mol. The molecule has 0 unspecified atom stereocenters. The number of carbonyl (C=O) groups excluding carboxylic acids is 2. The first-order valence-corrected chi connectivity index (χ1v) is 9.03. The number of carbonyl (C=O) groups is 2. The third kappa shape index (κ3) is 3.93. The van der Waals surface area contributed by atoms with E-state index in [4.69, 9.17) is 0 Å². The minimum atomic E-state index is -0.467. The van der Waals surface area contributed by atoms with Crippen molar-refractivity contribution in [1.82, 2.24) is 9.88 Å². The van der Waals surface area contributed by atoms with E-state index in [-0.39, 0.29) is 16.9 Å². The van der Waals surface area contributed by atoms with Gasteiger partial charge in [-0.1, -0.05) is 49.1 Å². The van der Waals surface area contributed by atoms with Crippen LogP contribution in [0.4, 0.5) is 0 Å². The Kier molecular flexibility index (Phi) is 5.35. The maximum Gasteiger partial charge on any atom is 0.263 e. The number of amides is 1. The van der Waals surface area contributed by atoms with Crippen molar-refractivity contribution < 1.29 is 9.59 Å². The fourth-order valence-electron chi connectivity index (χ4n) is 3.17. The van der Waals surface area contributed by atoms with Crippen LogP contribution in [0.1, 0.15) is 57.5 Å². The summed E-state index contributed by atoms with van der Waals surface area (Å²) in [5.74, 6) is -0.0353. The monoisotopic (exact) mass is 352 g/mol. The van der Waals surface area contributed by atoms with E-state index in [1.54, 1.807) is 6.20 Å². The molecule has 0 spiro atoms. The Morgan fingerprint density at radius 1 is 1.19 bits per heavy atom. The fraction of sp³-hybridized carbons (Fsp3) is 0.381. The molecule has 1 fully saturated rings. The molecular formula is C21H24N2O3. The summed E-state index contributed by atoms with van der Waals surface area (Å²) >= 11 is 0. The van der Waals surface area contributed by atoms with Crippen molar-refractivity contribution in [3.05, 3.63) is 69.1 Å². The molecule has 3 rings (SSSR count). The van der Waals surface area contributed by atoms with Gasteiger partial charge in [0.05, 0.1) is 6.54 Å². The highest BCUT2D eigenvalue weighted by Gasteiger charge is 2.23. The van der Waals surface area contributed by atoms with Crippen molar-refractivity contribution in [3.63, 3.8) is 0 Å². The normalized spacial score (nSPS) is 13.9. The molecule has 1 N–H and O–H groups in total. The molecule has 0 bridgehead atoms. The molecule has 1 aliphatic carbocycles. The second-order valence-corrected chi connectivity index (χ2v) is 7.06. The number of benzene rings is 1. The van der Waals surface area contributed by atoms with Crippen LogP contribution in [0.5, 0.6) is 0 Å². The van der Waals surface area contributed by atoms with Gasteiger partial charge in [-0.2, -0.15) is 0 Å². The second kappa shape index (κ2) is 7.68. The van der Waals surface area contributed by atoms with Gasteiger partial charge in [-0.3, -0.25) is 14.4 Å². The molecule has 1 aromatic carbocycles. The highest BCUT2D eigenvalue weighted by molar-refractivity contribution is 6.00. The van der Waals surface area contributed by atoms with Crippen LogP contribution in [0.2, 0.25) is 0 Å². The van der Waals surface area contributed by atoms with Crippen molar-refractivity contribution in [1.29, 1.82) is 0 Å². The van der Waals surface area contributed by atoms with Gasteiger partial charge < -0.3 is 9.88 Å². The van der Waals surface area contributed by atoms with E-state index in [0.29, 0.717) is 24.4 Å². The van der Waals surface area contributed by atoms with E-state index in [9.17, 15) is 14.4 Å².